The minimum Gasteiger partial charge on any atom is -0.489 e. The molecule has 0 aliphatic carbocycles. The molecule has 1 rings (SSSR count). The molecule has 0 spiro atoms. The summed E-state index contributed by atoms with van der Waals surface area (Å²) in [6, 6.07) is 7.32. The molecule has 0 aromatic heterocycles. The van der Waals surface area contributed by atoms with E-state index in [1.165, 1.54) is 0 Å². The lowest BCUT2D eigenvalue weighted by molar-refractivity contribution is 0.185. The molecule has 0 fully saturated rings. The summed E-state index contributed by atoms with van der Waals surface area (Å²) in [6.07, 6.45) is 1.59. The molecule has 0 aliphatic heterocycles. The third-order valence-corrected chi connectivity index (χ3v) is 2.74. The van der Waals surface area contributed by atoms with E-state index in [1.54, 1.807) is 6.07 Å². The Morgan fingerprint density at radius 2 is 2.24 bits per heavy atom. The maximum absolute atomic E-state index is 6.02. The van der Waals surface area contributed by atoms with Gasteiger partial charge in [0.1, 0.15) is 11.9 Å². The van der Waals surface area contributed by atoms with Crippen molar-refractivity contribution < 1.29 is 4.74 Å². The lowest BCUT2D eigenvalue weighted by Crippen LogP contribution is -2.36. The van der Waals surface area contributed by atoms with Crippen LogP contribution >= 0.6 is 11.6 Å². The van der Waals surface area contributed by atoms with Crippen LogP contribution in [0.25, 0.3) is 0 Å². The quantitative estimate of drug-likeness (QED) is 0.816. The van der Waals surface area contributed by atoms with Gasteiger partial charge in [0.2, 0.25) is 0 Å². The standard InChI is InChI=1S/C14H18ClNO/c1-3-4-5-9-14(16)11(2)17-13-8-6-7-12(15)10-13/h6-8,10-11,14H,5,9,16H2,1-2H3. The summed E-state index contributed by atoms with van der Waals surface area (Å²) in [5, 5.41) is 0.667. The first-order chi connectivity index (χ1) is 8.13. The van der Waals surface area contributed by atoms with Gasteiger partial charge in [-0.25, -0.2) is 0 Å². The normalized spacial score (nSPS) is 13.4. The fraction of sp³-hybridized carbons (Fsp3) is 0.429. The van der Waals surface area contributed by atoms with Gasteiger partial charge in [0.15, 0.2) is 0 Å². The number of rotatable bonds is 5. The van der Waals surface area contributed by atoms with Crippen LogP contribution in [0.4, 0.5) is 0 Å². The highest BCUT2D eigenvalue weighted by Crippen LogP contribution is 2.19. The summed E-state index contributed by atoms with van der Waals surface area (Å²) in [7, 11) is 0. The van der Waals surface area contributed by atoms with Crippen LogP contribution in [0.2, 0.25) is 5.02 Å². The summed E-state index contributed by atoms with van der Waals surface area (Å²) >= 11 is 5.88. The Bertz CT molecular complexity index is 408. The van der Waals surface area contributed by atoms with Gasteiger partial charge in [-0.3, -0.25) is 0 Å². The van der Waals surface area contributed by atoms with Crippen molar-refractivity contribution in [2.24, 2.45) is 5.73 Å². The van der Waals surface area contributed by atoms with Crippen molar-refractivity contribution in [2.45, 2.75) is 38.8 Å². The molecular formula is C14H18ClNO. The smallest absolute Gasteiger partial charge is 0.121 e. The monoisotopic (exact) mass is 251 g/mol. The van der Waals surface area contributed by atoms with E-state index in [-0.39, 0.29) is 12.1 Å². The van der Waals surface area contributed by atoms with Crippen molar-refractivity contribution >= 4 is 11.6 Å². The summed E-state index contributed by atoms with van der Waals surface area (Å²) in [6.45, 7) is 3.79. The number of ether oxygens (including phenoxy) is 1. The molecule has 92 valence electrons. The zero-order chi connectivity index (χ0) is 12.7. The average molecular weight is 252 g/mol. The van der Waals surface area contributed by atoms with Crippen molar-refractivity contribution in [2.75, 3.05) is 0 Å². The Balaban J connectivity index is 2.47. The molecule has 3 heteroatoms. The maximum Gasteiger partial charge on any atom is 0.121 e. The van der Waals surface area contributed by atoms with Crippen LogP contribution < -0.4 is 10.5 Å². The van der Waals surface area contributed by atoms with E-state index < -0.39 is 0 Å². The van der Waals surface area contributed by atoms with Crippen LogP contribution in [0, 0.1) is 11.8 Å². The van der Waals surface area contributed by atoms with Gasteiger partial charge in [-0.05, 0) is 38.5 Å². The minimum absolute atomic E-state index is 0.0187. The predicted molar refractivity (Wildman–Crippen MR) is 72.2 cm³/mol. The van der Waals surface area contributed by atoms with Gasteiger partial charge in [-0.2, -0.15) is 0 Å². The van der Waals surface area contributed by atoms with Gasteiger partial charge in [0.25, 0.3) is 0 Å². The molecule has 0 saturated carbocycles. The number of benzene rings is 1. The highest BCUT2D eigenvalue weighted by Gasteiger charge is 2.13. The molecule has 0 saturated heterocycles. The largest absolute Gasteiger partial charge is 0.489 e. The predicted octanol–water partition coefficient (Wildman–Crippen LogP) is 3.24. The minimum atomic E-state index is -0.0490. The summed E-state index contributed by atoms with van der Waals surface area (Å²) < 4.78 is 5.73. The zero-order valence-electron chi connectivity index (χ0n) is 10.2. The Kier molecular flexibility index (Phi) is 5.90. The third kappa shape index (κ3) is 5.12. The molecule has 0 amide bonds. The first-order valence-electron chi connectivity index (χ1n) is 5.71. The van der Waals surface area contributed by atoms with Crippen molar-refractivity contribution in [3.63, 3.8) is 0 Å². The first-order valence-corrected chi connectivity index (χ1v) is 6.08. The molecular weight excluding hydrogens is 234 g/mol. The average Bonchev–Trinajstić information content (AvgIpc) is 2.29. The van der Waals surface area contributed by atoms with Gasteiger partial charge in [-0.15, -0.1) is 11.8 Å². The van der Waals surface area contributed by atoms with E-state index in [9.17, 15) is 0 Å². The van der Waals surface area contributed by atoms with Gasteiger partial charge in [-0.1, -0.05) is 17.7 Å². The van der Waals surface area contributed by atoms with Crippen LogP contribution in [-0.4, -0.2) is 12.1 Å². The van der Waals surface area contributed by atoms with Gasteiger partial charge >= 0.3 is 0 Å². The molecule has 1 aromatic rings. The van der Waals surface area contributed by atoms with E-state index in [1.807, 2.05) is 32.0 Å². The second-order valence-corrected chi connectivity index (χ2v) is 4.35. The molecule has 17 heavy (non-hydrogen) atoms. The molecule has 2 atom stereocenters. The molecule has 0 aliphatic rings. The second kappa shape index (κ2) is 7.21. The molecule has 2 nitrogen and oxygen atoms in total. The van der Waals surface area contributed by atoms with E-state index >= 15 is 0 Å². The van der Waals surface area contributed by atoms with Crippen LogP contribution in [0.5, 0.6) is 5.75 Å². The van der Waals surface area contributed by atoms with Crippen LogP contribution in [0.15, 0.2) is 24.3 Å². The number of hydrogen-bond acceptors (Lipinski definition) is 2. The van der Waals surface area contributed by atoms with Crippen molar-refractivity contribution in [3.8, 4) is 17.6 Å². The number of hydrogen-bond donors (Lipinski definition) is 1. The van der Waals surface area contributed by atoms with Crippen molar-refractivity contribution in [1.82, 2.24) is 0 Å². The van der Waals surface area contributed by atoms with Gasteiger partial charge in [0.05, 0.1) is 0 Å². The third-order valence-electron chi connectivity index (χ3n) is 2.50. The Morgan fingerprint density at radius 1 is 1.47 bits per heavy atom. The molecule has 2 unspecified atom stereocenters. The SMILES string of the molecule is CC#CCCC(N)C(C)Oc1cccc(Cl)c1. The van der Waals surface area contributed by atoms with Crippen molar-refractivity contribution in [1.29, 1.82) is 0 Å². The highest BCUT2D eigenvalue weighted by atomic mass is 35.5. The van der Waals surface area contributed by atoms with E-state index in [0.29, 0.717) is 5.02 Å². The van der Waals surface area contributed by atoms with Gasteiger partial charge in [0, 0.05) is 17.5 Å². The molecule has 2 N–H and O–H groups in total. The van der Waals surface area contributed by atoms with E-state index in [2.05, 4.69) is 11.8 Å². The summed E-state index contributed by atoms with van der Waals surface area (Å²) in [5.74, 6) is 6.61. The lowest BCUT2D eigenvalue weighted by atomic mass is 10.1. The van der Waals surface area contributed by atoms with Crippen LogP contribution in [0.1, 0.15) is 26.7 Å². The Hall–Kier alpha value is -1.17. The lowest BCUT2D eigenvalue weighted by Gasteiger charge is -2.20. The highest BCUT2D eigenvalue weighted by molar-refractivity contribution is 6.30. The second-order valence-electron chi connectivity index (χ2n) is 3.91. The zero-order valence-corrected chi connectivity index (χ0v) is 11.0. The Morgan fingerprint density at radius 3 is 2.88 bits per heavy atom. The number of halogens is 1. The molecule has 0 heterocycles. The van der Waals surface area contributed by atoms with Crippen LogP contribution in [0.3, 0.4) is 0 Å². The fourth-order valence-electron chi connectivity index (χ4n) is 1.44. The van der Waals surface area contributed by atoms with E-state index in [0.717, 1.165) is 18.6 Å². The van der Waals surface area contributed by atoms with Crippen LogP contribution in [-0.2, 0) is 0 Å². The fourth-order valence-corrected chi connectivity index (χ4v) is 1.62. The molecule has 1 aromatic carbocycles. The van der Waals surface area contributed by atoms with E-state index in [4.69, 9.17) is 22.1 Å². The van der Waals surface area contributed by atoms with Gasteiger partial charge < -0.3 is 10.5 Å². The summed E-state index contributed by atoms with van der Waals surface area (Å²) in [5.41, 5.74) is 6.02. The molecule has 0 radical (unpaired) electrons. The molecule has 0 bridgehead atoms. The maximum atomic E-state index is 6.02. The first kappa shape index (κ1) is 13.9. The topological polar surface area (TPSA) is 35.2 Å². The Labute approximate surface area is 108 Å². The number of nitrogens with two attached hydrogens (primary N) is 1. The summed E-state index contributed by atoms with van der Waals surface area (Å²) in [4.78, 5) is 0. The van der Waals surface area contributed by atoms with Crippen molar-refractivity contribution in [3.05, 3.63) is 29.3 Å².